The first-order valence-corrected chi connectivity index (χ1v) is 6.90. The van der Waals surface area contributed by atoms with Crippen LogP contribution in [-0.4, -0.2) is 21.7 Å². The van der Waals surface area contributed by atoms with E-state index in [1.165, 1.54) is 11.8 Å². The van der Waals surface area contributed by atoms with E-state index in [1.54, 1.807) is 30.6 Å². The molecular formula is C12H6BrN3O2S. The topological polar surface area (TPSA) is 72.0 Å². The molecule has 0 fully saturated rings. The quantitative estimate of drug-likeness (QED) is 0.674. The summed E-state index contributed by atoms with van der Waals surface area (Å²) >= 11 is 4.74. The van der Waals surface area contributed by atoms with Crippen molar-refractivity contribution in [1.82, 2.24) is 9.97 Å². The molecule has 5 nitrogen and oxygen atoms in total. The minimum Gasteiger partial charge on any atom is -0.318 e. The van der Waals surface area contributed by atoms with Crippen molar-refractivity contribution in [3.05, 3.63) is 40.6 Å². The predicted octanol–water partition coefficient (Wildman–Crippen LogP) is 2.53. The molecule has 1 aromatic carbocycles. The number of anilines is 1. The van der Waals surface area contributed by atoms with Crippen LogP contribution in [0.5, 0.6) is 0 Å². The molecule has 0 spiro atoms. The lowest BCUT2D eigenvalue weighted by atomic mass is 10.1. The highest BCUT2D eigenvalue weighted by molar-refractivity contribution is 9.10. The van der Waals surface area contributed by atoms with Crippen LogP contribution in [0.1, 0.15) is 10.4 Å². The molecule has 1 aromatic heterocycles. The number of aromatic nitrogens is 2. The van der Waals surface area contributed by atoms with Crippen molar-refractivity contribution in [3.8, 4) is 0 Å². The highest BCUT2D eigenvalue weighted by Crippen LogP contribution is 2.37. The maximum atomic E-state index is 11.6. The van der Waals surface area contributed by atoms with Crippen LogP contribution in [0.2, 0.25) is 0 Å². The molecule has 19 heavy (non-hydrogen) atoms. The Bertz CT molecular complexity index is 691. The summed E-state index contributed by atoms with van der Waals surface area (Å²) in [5.74, 6) is -1.11. The maximum Gasteiger partial charge on any atom is 0.296 e. The largest absolute Gasteiger partial charge is 0.318 e. The monoisotopic (exact) mass is 335 g/mol. The Balaban J connectivity index is 1.99. The zero-order chi connectivity index (χ0) is 13.4. The number of nitrogens with one attached hydrogen (secondary N) is 1. The van der Waals surface area contributed by atoms with Crippen LogP contribution in [0.4, 0.5) is 5.69 Å². The minimum atomic E-state index is -0.597. The number of hydrogen-bond acceptors (Lipinski definition) is 5. The fraction of sp³-hybridized carbons (Fsp3) is 0. The Morgan fingerprint density at radius 2 is 1.89 bits per heavy atom. The van der Waals surface area contributed by atoms with Crippen LogP contribution in [-0.2, 0) is 4.79 Å². The van der Waals surface area contributed by atoms with E-state index >= 15 is 0 Å². The summed E-state index contributed by atoms with van der Waals surface area (Å²) in [6, 6.07) is 5.12. The summed E-state index contributed by atoms with van der Waals surface area (Å²) in [5.41, 5.74) is 0.909. The van der Waals surface area contributed by atoms with E-state index in [2.05, 4.69) is 31.2 Å². The molecule has 1 aliphatic rings. The minimum absolute atomic E-state index is 0.384. The van der Waals surface area contributed by atoms with Crippen molar-refractivity contribution >= 4 is 45.1 Å². The molecule has 0 radical (unpaired) electrons. The van der Waals surface area contributed by atoms with E-state index in [9.17, 15) is 9.59 Å². The predicted molar refractivity (Wildman–Crippen MR) is 73.3 cm³/mol. The van der Waals surface area contributed by atoms with Crippen LogP contribution in [0.25, 0.3) is 0 Å². The van der Waals surface area contributed by atoms with Crippen molar-refractivity contribution in [2.24, 2.45) is 0 Å². The molecule has 2 heterocycles. The molecule has 0 unspecified atom stereocenters. The molecule has 94 valence electrons. The molecule has 0 atom stereocenters. The number of carbonyl (C=O) groups is 2. The fourth-order valence-corrected chi connectivity index (χ4v) is 3.00. The standard InChI is InChI=1S/C12H6BrN3O2S/c13-7-4-6-8(16-11(18)10(6)17)5-9(7)19-12-14-2-1-3-15-12/h1-5H,(H,16,17,18). The summed E-state index contributed by atoms with van der Waals surface area (Å²) < 4.78 is 0.730. The van der Waals surface area contributed by atoms with Crippen LogP contribution in [0.3, 0.4) is 0 Å². The molecule has 1 amide bonds. The second-order valence-corrected chi connectivity index (χ2v) is 5.61. The third-order valence-corrected chi connectivity index (χ3v) is 4.38. The maximum absolute atomic E-state index is 11.6. The summed E-state index contributed by atoms with van der Waals surface area (Å²) in [6.45, 7) is 0. The van der Waals surface area contributed by atoms with Crippen molar-refractivity contribution in [2.45, 2.75) is 10.1 Å². The Morgan fingerprint density at radius 1 is 1.16 bits per heavy atom. The van der Waals surface area contributed by atoms with Gasteiger partial charge in [-0.2, -0.15) is 0 Å². The van der Waals surface area contributed by atoms with Gasteiger partial charge in [-0.15, -0.1) is 0 Å². The lowest BCUT2D eigenvalue weighted by molar-refractivity contribution is -0.112. The fourth-order valence-electron chi connectivity index (χ4n) is 1.66. The molecule has 1 N–H and O–H groups in total. The molecule has 0 saturated heterocycles. The molecule has 0 aliphatic carbocycles. The van der Waals surface area contributed by atoms with Crippen molar-refractivity contribution in [2.75, 3.05) is 5.32 Å². The lowest BCUT2D eigenvalue weighted by Crippen LogP contribution is -2.12. The molecule has 3 rings (SSSR count). The van der Waals surface area contributed by atoms with Gasteiger partial charge in [0.15, 0.2) is 5.16 Å². The van der Waals surface area contributed by atoms with Crippen molar-refractivity contribution in [3.63, 3.8) is 0 Å². The number of fused-ring (bicyclic) bond motifs is 1. The normalized spacial score (nSPS) is 13.3. The van der Waals surface area contributed by atoms with Gasteiger partial charge < -0.3 is 5.32 Å². The van der Waals surface area contributed by atoms with Gasteiger partial charge in [0.2, 0.25) is 0 Å². The van der Waals surface area contributed by atoms with Gasteiger partial charge in [-0.05, 0) is 45.9 Å². The van der Waals surface area contributed by atoms with Gasteiger partial charge in [-0.3, -0.25) is 9.59 Å². The molecule has 0 bridgehead atoms. The number of hydrogen-bond donors (Lipinski definition) is 1. The van der Waals surface area contributed by atoms with E-state index in [1.807, 2.05) is 0 Å². The third kappa shape index (κ3) is 2.26. The first kappa shape index (κ1) is 12.3. The van der Waals surface area contributed by atoms with E-state index in [0.717, 1.165) is 9.37 Å². The number of rotatable bonds is 2. The number of ketones is 1. The number of benzene rings is 1. The second kappa shape index (κ2) is 4.75. The van der Waals surface area contributed by atoms with Gasteiger partial charge in [0.25, 0.3) is 11.7 Å². The van der Waals surface area contributed by atoms with Crippen molar-refractivity contribution < 1.29 is 9.59 Å². The molecule has 2 aromatic rings. The van der Waals surface area contributed by atoms with Crippen LogP contribution >= 0.6 is 27.7 Å². The zero-order valence-corrected chi connectivity index (χ0v) is 11.8. The Hall–Kier alpha value is -1.73. The summed E-state index contributed by atoms with van der Waals surface area (Å²) in [4.78, 5) is 31.9. The number of halogens is 1. The van der Waals surface area contributed by atoms with Gasteiger partial charge >= 0.3 is 0 Å². The van der Waals surface area contributed by atoms with Gasteiger partial charge in [-0.25, -0.2) is 9.97 Å². The highest BCUT2D eigenvalue weighted by atomic mass is 79.9. The Morgan fingerprint density at radius 3 is 2.63 bits per heavy atom. The average Bonchev–Trinajstić information content (AvgIpc) is 2.67. The Kier molecular flexibility index (Phi) is 3.08. The van der Waals surface area contributed by atoms with E-state index in [0.29, 0.717) is 16.4 Å². The van der Waals surface area contributed by atoms with Crippen LogP contribution in [0.15, 0.2) is 45.1 Å². The summed E-state index contributed by atoms with van der Waals surface area (Å²) in [6.07, 6.45) is 3.31. The SMILES string of the molecule is O=C1Nc2cc(Sc3ncccn3)c(Br)cc2C1=O. The van der Waals surface area contributed by atoms with Gasteiger partial charge in [0.1, 0.15) is 0 Å². The second-order valence-electron chi connectivity index (χ2n) is 3.74. The van der Waals surface area contributed by atoms with E-state index < -0.39 is 11.7 Å². The van der Waals surface area contributed by atoms with Crippen LogP contribution in [0, 0.1) is 0 Å². The number of Topliss-reactive ketones (excluding diaryl/α,β-unsaturated/α-hetero) is 1. The molecule has 7 heteroatoms. The van der Waals surface area contributed by atoms with E-state index in [4.69, 9.17) is 0 Å². The van der Waals surface area contributed by atoms with Crippen molar-refractivity contribution in [1.29, 1.82) is 0 Å². The van der Waals surface area contributed by atoms with Crippen LogP contribution < -0.4 is 5.32 Å². The van der Waals surface area contributed by atoms with E-state index in [-0.39, 0.29) is 0 Å². The Labute approximate surface area is 121 Å². The first-order chi connectivity index (χ1) is 9.15. The molecule has 0 saturated carbocycles. The van der Waals surface area contributed by atoms with Gasteiger partial charge in [0.05, 0.1) is 11.3 Å². The number of amides is 1. The summed E-state index contributed by atoms with van der Waals surface area (Å²) in [5, 5.41) is 3.13. The average molecular weight is 336 g/mol. The third-order valence-electron chi connectivity index (χ3n) is 2.51. The highest BCUT2D eigenvalue weighted by Gasteiger charge is 2.29. The smallest absolute Gasteiger partial charge is 0.296 e. The number of carbonyl (C=O) groups excluding carboxylic acids is 2. The molecule has 1 aliphatic heterocycles. The number of nitrogens with zero attached hydrogens (tertiary/aromatic N) is 2. The zero-order valence-electron chi connectivity index (χ0n) is 9.38. The van der Waals surface area contributed by atoms with Gasteiger partial charge in [0, 0.05) is 21.8 Å². The summed E-state index contributed by atoms with van der Waals surface area (Å²) in [7, 11) is 0. The first-order valence-electron chi connectivity index (χ1n) is 5.29. The van der Waals surface area contributed by atoms with Gasteiger partial charge in [-0.1, -0.05) is 0 Å². The lowest BCUT2D eigenvalue weighted by Gasteiger charge is -2.05. The molecular weight excluding hydrogens is 330 g/mol.